The smallest absolute Gasteiger partial charge is 0.326 e. The molecule has 0 unspecified atom stereocenters. The zero-order valence-electron chi connectivity index (χ0n) is 42.2. The van der Waals surface area contributed by atoms with E-state index in [1.807, 2.05) is 13.8 Å². The van der Waals surface area contributed by atoms with Gasteiger partial charge in [-0.2, -0.15) is 0 Å². The maximum absolute atomic E-state index is 14.8. The Morgan fingerprint density at radius 3 is 2.18 bits per heavy atom. The number of nitrogens with one attached hydrogen (secondary N) is 6. The second-order valence-electron chi connectivity index (χ2n) is 19.7. The lowest BCUT2D eigenvalue weighted by Gasteiger charge is -2.37. The van der Waals surface area contributed by atoms with E-state index in [4.69, 9.17) is 17.2 Å². The number of aliphatic imine (C=N–C) groups is 1. The fourth-order valence-corrected chi connectivity index (χ4v) is 11.4. The summed E-state index contributed by atoms with van der Waals surface area (Å²) in [5.74, 6) is -7.87. The van der Waals surface area contributed by atoms with Gasteiger partial charge in [-0.05, 0) is 67.7 Å². The molecular weight excluding hydrogens is 1010 g/mol. The highest BCUT2D eigenvalue weighted by atomic mass is 32.2. The minimum Gasteiger partial charge on any atom is -0.508 e. The average molecular weight is 1070 g/mol. The molecule has 3 aromatic rings. The van der Waals surface area contributed by atoms with E-state index in [-0.39, 0.29) is 87.8 Å². The number of phenols is 1. The number of hydrogen-bond donors (Lipinski definition) is 12. The number of H-pyrrole nitrogens is 1. The van der Waals surface area contributed by atoms with Crippen LogP contribution in [0.5, 0.6) is 5.75 Å². The van der Waals surface area contributed by atoms with E-state index in [2.05, 4.69) is 41.5 Å². The topological polar surface area (TPSA) is 400 Å². The van der Waals surface area contributed by atoms with E-state index in [0.717, 1.165) is 0 Å². The number of aromatic amines is 1. The molecule has 0 radical (unpaired) electrons. The number of hydrogen-bond acceptors (Lipinski definition) is 14. The predicted molar refractivity (Wildman–Crippen MR) is 276 cm³/mol. The molecule has 0 bridgehead atoms. The van der Waals surface area contributed by atoms with Crippen LogP contribution in [0.1, 0.15) is 75.6 Å². The van der Waals surface area contributed by atoms with Gasteiger partial charge in [0.1, 0.15) is 47.4 Å². The first kappa shape index (κ1) is 57.5. The first-order valence-electron chi connectivity index (χ1n) is 25.0. The summed E-state index contributed by atoms with van der Waals surface area (Å²) in [4.78, 5) is 137. The van der Waals surface area contributed by atoms with Crippen LogP contribution in [0, 0.1) is 5.92 Å². The zero-order chi connectivity index (χ0) is 55.3. The van der Waals surface area contributed by atoms with E-state index >= 15 is 0 Å². The van der Waals surface area contributed by atoms with Crippen LogP contribution in [0.15, 0.2) is 72.1 Å². The molecule has 0 spiro atoms. The van der Waals surface area contributed by atoms with Gasteiger partial charge >= 0.3 is 11.9 Å². The van der Waals surface area contributed by atoms with Gasteiger partial charge in [0.25, 0.3) is 0 Å². The maximum atomic E-state index is 14.8. The van der Waals surface area contributed by atoms with E-state index in [0.29, 0.717) is 23.2 Å². The molecule has 3 saturated heterocycles. The number of nitrogens with zero attached hydrogens (tertiary/aromatic N) is 4. The summed E-state index contributed by atoms with van der Waals surface area (Å²) in [5.41, 5.74) is 17.1. The number of rotatable bonds is 26. The molecule has 410 valence electrons. The highest BCUT2D eigenvalue weighted by Crippen LogP contribution is 2.46. The number of nitrogens with two attached hydrogens (primary N) is 3. The van der Waals surface area contributed by atoms with Crippen LogP contribution in [0.3, 0.4) is 0 Å². The summed E-state index contributed by atoms with van der Waals surface area (Å²) in [6.07, 6.45) is 2.69. The molecule has 6 rings (SSSR count). The first-order chi connectivity index (χ1) is 36.1. The van der Waals surface area contributed by atoms with Gasteiger partial charge in [0.05, 0.1) is 30.7 Å². The second kappa shape index (κ2) is 26.2. The van der Waals surface area contributed by atoms with Crippen LogP contribution in [0.25, 0.3) is 0 Å². The molecule has 1 aromatic heterocycles. The van der Waals surface area contributed by atoms with Gasteiger partial charge in [-0.15, -0.1) is 11.8 Å². The van der Waals surface area contributed by atoms with Crippen molar-refractivity contribution in [2.75, 3.05) is 18.8 Å². The lowest BCUT2D eigenvalue weighted by molar-refractivity contribution is -0.145. The largest absolute Gasteiger partial charge is 0.508 e. The number of aromatic hydroxyl groups is 1. The van der Waals surface area contributed by atoms with Gasteiger partial charge in [0.2, 0.25) is 41.4 Å². The highest BCUT2D eigenvalue weighted by molar-refractivity contribution is 8.00. The fraction of sp³-hybridized carbons (Fsp3) is 0.500. The summed E-state index contributed by atoms with van der Waals surface area (Å²) in [7, 11) is 0. The average Bonchev–Trinajstić information content (AvgIpc) is 4.20. The number of phenolic OH excluding ortho intramolecular Hbond substituents is 1. The minimum atomic E-state index is -1.50. The van der Waals surface area contributed by atoms with Crippen molar-refractivity contribution < 1.29 is 58.5 Å². The molecule has 2 aromatic carbocycles. The number of benzene rings is 2. The monoisotopic (exact) mass is 1070 g/mol. The Hall–Kier alpha value is -7.74. The summed E-state index contributed by atoms with van der Waals surface area (Å²) < 4.78 is 0. The van der Waals surface area contributed by atoms with E-state index in [9.17, 15) is 58.5 Å². The van der Waals surface area contributed by atoms with E-state index in [1.165, 1.54) is 46.2 Å². The molecule has 0 aliphatic carbocycles. The quantitative estimate of drug-likeness (QED) is 0.0250. The van der Waals surface area contributed by atoms with Crippen LogP contribution in [0.4, 0.5) is 0 Å². The Bertz CT molecular complexity index is 2600. The molecule has 9 atom stereocenters. The van der Waals surface area contributed by atoms with Crippen molar-refractivity contribution in [3.05, 3.63) is 83.9 Å². The highest BCUT2D eigenvalue weighted by Gasteiger charge is 2.60. The number of amides is 7. The van der Waals surface area contributed by atoms with Crippen molar-refractivity contribution in [2.45, 2.75) is 131 Å². The Labute approximate surface area is 442 Å². The third kappa shape index (κ3) is 15.2. The third-order valence-electron chi connectivity index (χ3n) is 13.3. The predicted octanol–water partition coefficient (Wildman–Crippen LogP) is -1.41. The molecule has 15 N–H and O–H groups in total. The van der Waals surface area contributed by atoms with Crippen LogP contribution in [-0.4, -0.2) is 166 Å². The molecule has 0 saturated carbocycles. The molecule has 25 nitrogen and oxygen atoms in total. The van der Waals surface area contributed by atoms with Gasteiger partial charge in [-0.3, -0.25) is 43.3 Å². The van der Waals surface area contributed by atoms with Crippen LogP contribution < -0.4 is 43.8 Å². The van der Waals surface area contributed by atoms with Gasteiger partial charge in [0.15, 0.2) is 5.96 Å². The fourth-order valence-electron chi connectivity index (χ4n) is 9.71. The standard InChI is InChI=1S/C50H67N13O12S/c1-27(2)18-34(58-42(69)33(10-6-16-55-49(52)53)57-41(68)32(51)21-40(66)67)43(70)61-50(22-29-12-14-31(64)15-13-29)23-39(65)63-38(25-76-48(50)63)45(72)59-35(20-30-24-54-26-56-30)46(73)62-17-7-11-37(62)44(71)60-36(47(74)75)19-28-8-4-3-5-9-28/h3-5,8-9,12-15,24,26-27,32-38,48,64H,6-7,10-11,16-23,25,51H2,1-2H3,(H,54,56)(H,57,68)(H,58,69)(H,59,72)(H,60,71)(H,61,70)(H,66,67)(H,74,75)(H4,52,53,55)/t32-,33-,34-,35-,36-,37-,38-,48+,50-/m0/s1. The summed E-state index contributed by atoms with van der Waals surface area (Å²) >= 11 is 1.23. The SMILES string of the molecule is CC(C)C[C@H](NC(=O)[C@H](CCCN=C(N)N)NC(=O)[C@@H](N)CC(=O)O)C(=O)N[C@@]1(Cc2ccc(O)cc2)CC(=O)N2[C@H](C(=O)N[C@@H](Cc3cnc[nH]3)C(=O)N3CCC[C@H]3C(=O)N[C@@H](Cc3ccccc3)C(=O)O)CS[C@@H]21. The van der Waals surface area contributed by atoms with E-state index in [1.54, 1.807) is 42.5 Å². The van der Waals surface area contributed by atoms with Crippen molar-refractivity contribution in [2.24, 2.45) is 28.1 Å². The number of carbonyl (C=O) groups excluding carboxylic acids is 7. The maximum Gasteiger partial charge on any atom is 0.326 e. The number of imidazole rings is 1. The minimum absolute atomic E-state index is 0.00537. The summed E-state index contributed by atoms with van der Waals surface area (Å²) in [6, 6.07) is 6.09. The van der Waals surface area contributed by atoms with Gasteiger partial charge in [-0.25, -0.2) is 9.78 Å². The molecule has 4 heterocycles. The number of carboxylic acids is 2. The number of fused-ring (bicyclic) bond motifs is 1. The second-order valence-corrected chi connectivity index (χ2v) is 20.8. The molecule has 26 heteroatoms. The van der Waals surface area contributed by atoms with Gasteiger partial charge < -0.3 is 73.9 Å². The zero-order valence-corrected chi connectivity index (χ0v) is 43.0. The number of guanidine groups is 1. The number of thioether (sulfide) groups is 1. The Balaban J connectivity index is 1.23. The summed E-state index contributed by atoms with van der Waals surface area (Å²) in [5, 5.41) is 42.3. The third-order valence-corrected chi connectivity index (χ3v) is 14.8. The normalized spacial score (nSPS) is 20.8. The number of aliphatic carboxylic acids is 2. The Kier molecular flexibility index (Phi) is 19.8. The van der Waals surface area contributed by atoms with Crippen LogP contribution in [-0.2, 0) is 62.4 Å². The molecule has 3 aliphatic heterocycles. The molecular formula is C50H67N13O12S. The number of carbonyl (C=O) groups is 9. The van der Waals surface area contributed by atoms with Crippen molar-refractivity contribution in [3.63, 3.8) is 0 Å². The number of carboxylic acid groups (broad SMARTS) is 2. The Morgan fingerprint density at radius 1 is 0.855 bits per heavy atom. The van der Waals surface area contributed by atoms with Crippen LogP contribution >= 0.6 is 11.8 Å². The molecule has 7 amide bonds. The number of aromatic nitrogens is 2. The van der Waals surface area contributed by atoms with Crippen molar-refractivity contribution in [1.82, 2.24) is 46.4 Å². The molecule has 3 fully saturated rings. The first-order valence-corrected chi connectivity index (χ1v) is 26.0. The molecule has 3 aliphatic rings. The van der Waals surface area contributed by atoms with Gasteiger partial charge in [0, 0.05) is 43.6 Å². The number of likely N-dealkylation sites (tertiary alicyclic amines) is 1. The lowest BCUT2D eigenvalue weighted by Crippen LogP contribution is -2.62. The van der Waals surface area contributed by atoms with Gasteiger partial charge in [-0.1, -0.05) is 56.3 Å². The lowest BCUT2D eigenvalue weighted by atomic mass is 9.88. The van der Waals surface area contributed by atoms with Crippen molar-refractivity contribution in [1.29, 1.82) is 0 Å². The molecule has 76 heavy (non-hydrogen) atoms. The summed E-state index contributed by atoms with van der Waals surface area (Å²) in [6.45, 7) is 3.86. The van der Waals surface area contributed by atoms with Crippen molar-refractivity contribution >= 4 is 71.0 Å². The van der Waals surface area contributed by atoms with Crippen LogP contribution in [0.2, 0.25) is 0 Å². The van der Waals surface area contributed by atoms with Crippen molar-refractivity contribution in [3.8, 4) is 5.75 Å². The Morgan fingerprint density at radius 2 is 1.54 bits per heavy atom. The van der Waals surface area contributed by atoms with E-state index < -0.39 is 113 Å².